The Kier molecular flexibility index (Phi) is 8.39. The van der Waals surface area contributed by atoms with Crippen molar-refractivity contribution in [3.05, 3.63) is 0 Å². The van der Waals surface area contributed by atoms with E-state index in [0.717, 1.165) is 44.7 Å². The Morgan fingerprint density at radius 2 is 1.86 bits per heavy atom. The number of nitrogens with one attached hydrogen (secondary N) is 2. The number of carbonyl (C=O) groups is 1. The maximum absolute atomic E-state index is 12.4. The molecule has 1 unspecified atom stereocenters. The van der Waals surface area contributed by atoms with Gasteiger partial charge in [-0.1, -0.05) is 13.8 Å². The van der Waals surface area contributed by atoms with Gasteiger partial charge in [0, 0.05) is 38.6 Å². The summed E-state index contributed by atoms with van der Waals surface area (Å²) >= 11 is 0. The largest absolute Gasteiger partial charge is 0.401 e. The molecule has 0 aliphatic carbocycles. The van der Waals surface area contributed by atoms with Crippen LogP contribution in [0.3, 0.4) is 0 Å². The van der Waals surface area contributed by atoms with Crippen LogP contribution in [0.5, 0.6) is 0 Å². The predicted molar refractivity (Wildman–Crippen MR) is 104 cm³/mol. The van der Waals surface area contributed by atoms with Crippen LogP contribution in [-0.2, 0) is 4.79 Å². The van der Waals surface area contributed by atoms with Gasteiger partial charge in [0.1, 0.15) is 0 Å². The summed E-state index contributed by atoms with van der Waals surface area (Å²) in [5, 5.41) is 6.67. The van der Waals surface area contributed by atoms with Crippen LogP contribution in [0.4, 0.5) is 13.2 Å². The highest BCUT2D eigenvalue weighted by atomic mass is 19.4. The molecule has 2 saturated heterocycles. The van der Waals surface area contributed by atoms with Crippen LogP contribution >= 0.6 is 0 Å². The van der Waals surface area contributed by atoms with Crippen LogP contribution in [0.25, 0.3) is 0 Å². The molecule has 9 heteroatoms. The van der Waals surface area contributed by atoms with Crippen molar-refractivity contribution < 1.29 is 18.0 Å². The van der Waals surface area contributed by atoms with E-state index in [1.165, 1.54) is 4.90 Å². The SMILES string of the molecule is CN=C(NCCC1CCN(CC(F)(F)F)CC1)NC1CCN(C(=O)C(C)C)C1. The quantitative estimate of drug-likeness (QED) is 0.525. The van der Waals surface area contributed by atoms with Crippen molar-refractivity contribution in [3.63, 3.8) is 0 Å². The van der Waals surface area contributed by atoms with E-state index in [9.17, 15) is 18.0 Å². The van der Waals surface area contributed by atoms with Crippen LogP contribution in [0.2, 0.25) is 0 Å². The Morgan fingerprint density at radius 3 is 2.43 bits per heavy atom. The molecule has 2 rings (SSSR count). The Bertz CT molecular complexity index is 530. The molecule has 2 fully saturated rings. The third-order valence-corrected chi connectivity index (χ3v) is 5.51. The Labute approximate surface area is 165 Å². The summed E-state index contributed by atoms with van der Waals surface area (Å²) < 4.78 is 37.3. The van der Waals surface area contributed by atoms with Crippen LogP contribution in [0, 0.1) is 11.8 Å². The second kappa shape index (κ2) is 10.3. The van der Waals surface area contributed by atoms with Gasteiger partial charge in [-0.3, -0.25) is 14.7 Å². The van der Waals surface area contributed by atoms with Gasteiger partial charge in [0.25, 0.3) is 0 Å². The smallest absolute Gasteiger partial charge is 0.356 e. The third-order valence-electron chi connectivity index (χ3n) is 5.51. The molecule has 1 amide bonds. The van der Waals surface area contributed by atoms with E-state index in [0.29, 0.717) is 25.6 Å². The average Bonchev–Trinajstić information content (AvgIpc) is 3.08. The number of hydrogen-bond acceptors (Lipinski definition) is 3. The van der Waals surface area contributed by atoms with Gasteiger partial charge in [0.15, 0.2) is 5.96 Å². The van der Waals surface area contributed by atoms with Crippen molar-refractivity contribution in [1.29, 1.82) is 0 Å². The van der Waals surface area contributed by atoms with E-state index >= 15 is 0 Å². The summed E-state index contributed by atoms with van der Waals surface area (Å²) in [4.78, 5) is 19.7. The first-order valence-electron chi connectivity index (χ1n) is 10.2. The van der Waals surface area contributed by atoms with Crippen molar-refractivity contribution in [2.45, 2.75) is 51.7 Å². The van der Waals surface area contributed by atoms with Crippen molar-refractivity contribution in [1.82, 2.24) is 20.4 Å². The maximum atomic E-state index is 12.4. The predicted octanol–water partition coefficient (Wildman–Crippen LogP) is 2.07. The second-order valence-corrected chi connectivity index (χ2v) is 8.19. The van der Waals surface area contributed by atoms with E-state index in [1.54, 1.807) is 7.05 Å². The third kappa shape index (κ3) is 7.48. The number of amides is 1. The number of rotatable bonds is 6. The van der Waals surface area contributed by atoms with Gasteiger partial charge in [-0.2, -0.15) is 13.2 Å². The van der Waals surface area contributed by atoms with E-state index in [4.69, 9.17) is 0 Å². The van der Waals surface area contributed by atoms with Crippen molar-refractivity contribution in [2.75, 3.05) is 46.3 Å². The molecule has 0 aromatic carbocycles. The number of guanidine groups is 1. The molecule has 2 heterocycles. The Balaban J connectivity index is 1.64. The highest BCUT2D eigenvalue weighted by Crippen LogP contribution is 2.24. The number of nitrogens with zero attached hydrogens (tertiary/aromatic N) is 3. The number of halogens is 3. The fourth-order valence-corrected chi connectivity index (χ4v) is 3.91. The lowest BCUT2D eigenvalue weighted by molar-refractivity contribution is -0.148. The summed E-state index contributed by atoms with van der Waals surface area (Å²) in [6, 6.07) is 0.194. The fourth-order valence-electron chi connectivity index (χ4n) is 3.91. The first kappa shape index (κ1) is 22.8. The van der Waals surface area contributed by atoms with Gasteiger partial charge in [-0.25, -0.2) is 0 Å². The summed E-state index contributed by atoms with van der Waals surface area (Å²) in [5.41, 5.74) is 0. The first-order chi connectivity index (χ1) is 13.2. The molecule has 2 N–H and O–H groups in total. The van der Waals surface area contributed by atoms with E-state index < -0.39 is 12.7 Å². The lowest BCUT2D eigenvalue weighted by atomic mass is 9.93. The molecule has 162 valence electrons. The Hall–Kier alpha value is -1.51. The standard InChI is InChI=1S/C19H34F3N5O/c1-14(2)17(28)27-11-7-16(12-27)25-18(23-3)24-8-4-15-5-9-26(10-6-15)13-19(20,21)22/h14-16H,4-13H2,1-3H3,(H2,23,24,25). The molecule has 0 radical (unpaired) electrons. The summed E-state index contributed by atoms with van der Waals surface area (Å²) in [6.45, 7) is 6.25. The molecule has 0 bridgehead atoms. The zero-order valence-corrected chi connectivity index (χ0v) is 17.2. The normalized spacial score (nSPS) is 22.8. The minimum Gasteiger partial charge on any atom is -0.356 e. The fraction of sp³-hybridized carbons (Fsp3) is 0.895. The van der Waals surface area contributed by atoms with Crippen molar-refractivity contribution in [2.24, 2.45) is 16.8 Å². The van der Waals surface area contributed by atoms with Crippen molar-refractivity contribution in [3.8, 4) is 0 Å². The van der Waals surface area contributed by atoms with Gasteiger partial charge in [-0.15, -0.1) is 0 Å². The van der Waals surface area contributed by atoms with Crippen molar-refractivity contribution >= 4 is 11.9 Å². The minimum atomic E-state index is -4.11. The van der Waals surface area contributed by atoms with Gasteiger partial charge >= 0.3 is 6.18 Å². The molecule has 28 heavy (non-hydrogen) atoms. The Morgan fingerprint density at radius 1 is 1.18 bits per heavy atom. The zero-order chi connectivity index (χ0) is 20.7. The first-order valence-corrected chi connectivity index (χ1v) is 10.2. The molecular formula is C19H34F3N5O. The number of likely N-dealkylation sites (tertiary alicyclic amines) is 2. The van der Waals surface area contributed by atoms with E-state index in [1.807, 2.05) is 18.7 Å². The number of piperidine rings is 1. The summed E-state index contributed by atoms with van der Waals surface area (Å²) in [6.07, 6.45) is -0.681. The molecule has 1 atom stereocenters. The van der Waals surface area contributed by atoms with Crippen LogP contribution in [0.15, 0.2) is 4.99 Å². The van der Waals surface area contributed by atoms with Gasteiger partial charge in [0.2, 0.25) is 5.91 Å². The number of hydrogen-bond donors (Lipinski definition) is 2. The molecule has 6 nitrogen and oxygen atoms in total. The molecule has 0 saturated carbocycles. The van der Waals surface area contributed by atoms with Gasteiger partial charge < -0.3 is 15.5 Å². The highest BCUT2D eigenvalue weighted by molar-refractivity contribution is 5.81. The lowest BCUT2D eigenvalue weighted by Crippen LogP contribution is -2.46. The lowest BCUT2D eigenvalue weighted by Gasteiger charge is -2.32. The van der Waals surface area contributed by atoms with Crippen LogP contribution in [-0.4, -0.2) is 80.2 Å². The average molecular weight is 406 g/mol. The molecule has 2 aliphatic heterocycles. The van der Waals surface area contributed by atoms with E-state index in [2.05, 4.69) is 15.6 Å². The molecule has 0 aromatic heterocycles. The molecule has 2 aliphatic rings. The summed E-state index contributed by atoms with van der Waals surface area (Å²) in [7, 11) is 1.72. The molecule has 0 spiro atoms. The van der Waals surface area contributed by atoms with Gasteiger partial charge in [-0.05, 0) is 44.7 Å². The second-order valence-electron chi connectivity index (χ2n) is 8.19. The highest BCUT2D eigenvalue weighted by Gasteiger charge is 2.32. The van der Waals surface area contributed by atoms with E-state index in [-0.39, 0.29) is 17.9 Å². The van der Waals surface area contributed by atoms with Crippen LogP contribution in [0.1, 0.15) is 39.5 Å². The molecular weight excluding hydrogens is 371 g/mol. The monoisotopic (exact) mass is 405 g/mol. The zero-order valence-electron chi connectivity index (χ0n) is 17.2. The van der Waals surface area contributed by atoms with Gasteiger partial charge in [0.05, 0.1) is 6.54 Å². The topological polar surface area (TPSA) is 60.0 Å². The summed E-state index contributed by atoms with van der Waals surface area (Å²) in [5.74, 6) is 1.36. The minimum absolute atomic E-state index is 0.0127. The number of aliphatic imine (C=N–C) groups is 1. The molecule has 0 aromatic rings. The maximum Gasteiger partial charge on any atom is 0.401 e. The number of carbonyl (C=O) groups excluding carboxylic acids is 1. The van der Waals surface area contributed by atoms with Crippen LogP contribution < -0.4 is 10.6 Å². The number of alkyl halides is 3.